The molecule has 0 unspecified atom stereocenters. The molecule has 1 N–H and O–H groups in total. The predicted molar refractivity (Wildman–Crippen MR) is 92.8 cm³/mol. The van der Waals surface area contributed by atoms with Gasteiger partial charge in [0.05, 0.1) is 0 Å². The predicted octanol–water partition coefficient (Wildman–Crippen LogP) is 5.79. The molecule has 114 valence electrons. The van der Waals surface area contributed by atoms with Crippen molar-refractivity contribution in [2.45, 2.75) is 39.0 Å². The molecule has 2 aromatic carbocycles. The van der Waals surface area contributed by atoms with E-state index in [1.54, 1.807) is 17.7 Å². The molecule has 1 aliphatic carbocycles. The van der Waals surface area contributed by atoms with Crippen molar-refractivity contribution in [1.82, 2.24) is 0 Å². The van der Waals surface area contributed by atoms with Crippen LogP contribution in [0.3, 0.4) is 0 Å². The lowest BCUT2D eigenvalue weighted by Gasteiger charge is -2.20. The molecule has 0 spiro atoms. The summed E-state index contributed by atoms with van der Waals surface area (Å²) in [6.07, 6.45) is 6.43. The fourth-order valence-electron chi connectivity index (χ4n) is 3.71. The van der Waals surface area contributed by atoms with E-state index in [1.165, 1.54) is 42.4 Å². The summed E-state index contributed by atoms with van der Waals surface area (Å²) in [5.41, 5.74) is 5.45. The van der Waals surface area contributed by atoms with Crippen LogP contribution in [0.2, 0.25) is 0 Å². The van der Waals surface area contributed by atoms with E-state index in [-0.39, 0.29) is 0 Å². The molecule has 0 saturated heterocycles. The van der Waals surface area contributed by atoms with Gasteiger partial charge < -0.3 is 5.11 Å². The van der Waals surface area contributed by atoms with Gasteiger partial charge in [0.1, 0.15) is 5.75 Å². The lowest BCUT2D eigenvalue weighted by atomic mass is 9.84. The van der Waals surface area contributed by atoms with Crippen molar-refractivity contribution < 1.29 is 5.11 Å². The Balaban J connectivity index is 2.15. The van der Waals surface area contributed by atoms with Gasteiger partial charge in [0.2, 0.25) is 0 Å². The lowest BCUT2D eigenvalue weighted by molar-refractivity contribution is 0.475. The first kappa shape index (κ1) is 14.9. The average molecular weight is 292 g/mol. The smallest absolute Gasteiger partial charge is 0.115 e. The number of hydrogen-bond donors (Lipinski definition) is 1. The van der Waals surface area contributed by atoms with E-state index in [1.807, 2.05) is 12.1 Å². The van der Waals surface area contributed by atoms with E-state index >= 15 is 0 Å². The first-order valence-corrected chi connectivity index (χ1v) is 8.37. The standard InChI is InChI=1S/C21H24O/c1-2-20(16-8-6-7-9-16)21(17-10-4-3-5-11-17)18-12-14-19(22)15-13-18/h3-5,10-16,22H,2,6-9H2,1H3/b21-20-. The third-order valence-electron chi connectivity index (χ3n) is 4.77. The van der Waals surface area contributed by atoms with Gasteiger partial charge in [-0.05, 0) is 54.0 Å². The molecule has 0 radical (unpaired) electrons. The molecule has 1 saturated carbocycles. The summed E-state index contributed by atoms with van der Waals surface area (Å²) in [4.78, 5) is 0. The van der Waals surface area contributed by atoms with Gasteiger partial charge in [0, 0.05) is 0 Å². The monoisotopic (exact) mass is 292 g/mol. The molecule has 0 aliphatic heterocycles. The lowest BCUT2D eigenvalue weighted by Crippen LogP contribution is -2.03. The van der Waals surface area contributed by atoms with Crippen LogP contribution < -0.4 is 0 Å². The Morgan fingerprint density at radius 3 is 2.09 bits per heavy atom. The Hall–Kier alpha value is -2.02. The van der Waals surface area contributed by atoms with Crippen LogP contribution in [0.1, 0.15) is 50.2 Å². The molecule has 1 heteroatoms. The molecular formula is C21H24O. The largest absolute Gasteiger partial charge is 0.508 e. The van der Waals surface area contributed by atoms with Crippen LogP contribution in [0, 0.1) is 5.92 Å². The van der Waals surface area contributed by atoms with E-state index in [0.717, 1.165) is 6.42 Å². The number of benzene rings is 2. The summed E-state index contributed by atoms with van der Waals surface area (Å²) in [5, 5.41) is 9.60. The summed E-state index contributed by atoms with van der Waals surface area (Å²) >= 11 is 0. The quantitative estimate of drug-likeness (QED) is 0.755. The number of aromatic hydroxyl groups is 1. The van der Waals surface area contributed by atoms with Crippen LogP contribution in [0.25, 0.3) is 5.57 Å². The minimum atomic E-state index is 0.329. The number of phenols is 1. The topological polar surface area (TPSA) is 20.2 Å². The van der Waals surface area contributed by atoms with Gasteiger partial charge in [-0.2, -0.15) is 0 Å². The maximum absolute atomic E-state index is 9.60. The minimum absolute atomic E-state index is 0.329. The number of hydrogen-bond acceptors (Lipinski definition) is 1. The van der Waals surface area contributed by atoms with E-state index in [4.69, 9.17) is 0 Å². The van der Waals surface area contributed by atoms with Crippen molar-refractivity contribution in [2.24, 2.45) is 5.92 Å². The molecular weight excluding hydrogens is 268 g/mol. The van der Waals surface area contributed by atoms with E-state index < -0.39 is 0 Å². The zero-order valence-corrected chi connectivity index (χ0v) is 13.3. The first-order chi connectivity index (χ1) is 10.8. The number of rotatable bonds is 4. The third kappa shape index (κ3) is 3.09. The molecule has 1 aliphatic rings. The van der Waals surface area contributed by atoms with Crippen LogP contribution in [-0.4, -0.2) is 5.11 Å². The van der Waals surface area contributed by atoms with E-state index in [9.17, 15) is 5.11 Å². The SMILES string of the molecule is CC/C(=C(\c1ccccc1)c1ccc(O)cc1)C1CCCC1. The van der Waals surface area contributed by atoms with Gasteiger partial charge in [-0.3, -0.25) is 0 Å². The second-order valence-electron chi connectivity index (χ2n) is 6.15. The molecule has 1 fully saturated rings. The number of phenolic OH excluding ortho intramolecular Hbond substituents is 1. The average Bonchev–Trinajstić information content (AvgIpc) is 3.08. The van der Waals surface area contributed by atoms with Crippen molar-refractivity contribution in [3.05, 3.63) is 71.3 Å². The molecule has 22 heavy (non-hydrogen) atoms. The molecule has 0 heterocycles. The summed E-state index contributed by atoms with van der Waals surface area (Å²) < 4.78 is 0. The molecule has 1 nitrogen and oxygen atoms in total. The fraction of sp³-hybridized carbons (Fsp3) is 0.333. The van der Waals surface area contributed by atoms with Gasteiger partial charge in [0.15, 0.2) is 0 Å². The summed E-state index contributed by atoms with van der Waals surface area (Å²) in [7, 11) is 0. The van der Waals surface area contributed by atoms with Crippen molar-refractivity contribution in [3.8, 4) is 5.75 Å². The molecule has 0 aromatic heterocycles. The van der Waals surface area contributed by atoms with Crippen molar-refractivity contribution >= 4 is 5.57 Å². The molecule has 3 rings (SSSR count). The Labute approximate surface area is 133 Å². The zero-order valence-electron chi connectivity index (χ0n) is 13.3. The van der Waals surface area contributed by atoms with E-state index in [2.05, 4.69) is 37.3 Å². The Morgan fingerprint density at radius 2 is 1.50 bits per heavy atom. The van der Waals surface area contributed by atoms with Gasteiger partial charge in [-0.15, -0.1) is 0 Å². The Kier molecular flexibility index (Phi) is 4.62. The third-order valence-corrected chi connectivity index (χ3v) is 4.77. The maximum atomic E-state index is 9.60. The molecule has 0 amide bonds. The van der Waals surface area contributed by atoms with Crippen molar-refractivity contribution in [3.63, 3.8) is 0 Å². The van der Waals surface area contributed by atoms with Gasteiger partial charge in [-0.25, -0.2) is 0 Å². The zero-order chi connectivity index (χ0) is 15.4. The van der Waals surface area contributed by atoms with Gasteiger partial charge in [-0.1, -0.05) is 67.8 Å². The Morgan fingerprint density at radius 1 is 0.909 bits per heavy atom. The van der Waals surface area contributed by atoms with Crippen LogP contribution in [0.4, 0.5) is 0 Å². The maximum Gasteiger partial charge on any atom is 0.115 e. The van der Waals surface area contributed by atoms with Crippen LogP contribution >= 0.6 is 0 Å². The van der Waals surface area contributed by atoms with Gasteiger partial charge >= 0.3 is 0 Å². The summed E-state index contributed by atoms with van der Waals surface area (Å²) in [5.74, 6) is 1.05. The van der Waals surface area contributed by atoms with Crippen LogP contribution in [0.5, 0.6) is 5.75 Å². The highest BCUT2D eigenvalue weighted by Gasteiger charge is 2.22. The highest BCUT2D eigenvalue weighted by Crippen LogP contribution is 2.39. The van der Waals surface area contributed by atoms with E-state index in [0.29, 0.717) is 11.7 Å². The second-order valence-corrected chi connectivity index (χ2v) is 6.15. The minimum Gasteiger partial charge on any atom is -0.508 e. The second kappa shape index (κ2) is 6.83. The molecule has 0 bridgehead atoms. The van der Waals surface area contributed by atoms with Crippen LogP contribution in [-0.2, 0) is 0 Å². The normalized spacial score (nSPS) is 16.6. The Bertz CT molecular complexity index is 631. The summed E-state index contributed by atoms with van der Waals surface area (Å²) in [6, 6.07) is 18.4. The van der Waals surface area contributed by atoms with Gasteiger partial charge in [0.25, 0.3) is 0 Å². The molecule has 0 atom stereocenters. The van der Waals surface area contributed by atoms with Crippen molar-refractivity contribution in [2.75, 3.05) is 0 Å². The number of allylic oxidation sites excluding steroid dienone is 1. The molecule has 2 aromatic rings. The highest BCUT2D eigenvalue weighted by atomic mass is 16.3. The highest BCUT2D eigenvalue weighted by molar-refractivity contribution is 5.82. The first-order valence-electron chi connectivity index (χ1n) is 8.37. The van der Waals surface area contributed by atoms with Crippen LogP contribution in [0.15, 0.2) is 60.2 Å². The summed E-state index contributed by atoms with van der Waals surface area (Å²) in [6.45, 7) is 2.27. The fourth-order valence-corrected chi connectivity index (χ4v) is 3.71. The van der Waals surface area contributed by atoms with Crippen molar-refractivity contribution in [1.29, 1.82) is 0 Å².